The fraction of sp³-hybridized carbons (Fsp3) is 0.667. The molecule has 0 aromatic heterocycles. The zero-order valence-corrected chi connectivity index (χ0v) is 14.5. The molecule has 0 radical (unpaired) electrons. The lowest BCUT2D eigenvalue weighted by Gasteiger charge is -2.25. The first-order valence-electron chi connectivity index (χ1n) is 8.36. The van der Waals surface area contributed by atoms with E-state index in [4.69, 9.17) is 23.2 Å². The Morgan fingerprint density at radius 2 is 1.95 bits per heavy atom. The summed E-state index contributed by atoms with van der Waals surface area (Å²) < 4.78 is 0. The molecule has 0 amide bonds. The second-order valence-corrected chi connectivity index (χ2v) is 7.12. The second kappa shape index (κ2) is 9.02. The molecule has 1 aliphatic rings. The molecule has 1 aromatic rings. The zero-order chi connectivity index (χ0) is 15.1. The lowest BCUT2D eigenvalue weighted by Crippen LogP contribution is -2.31. The van der Waals surface area contributed by atoms with E-state index in [9.17, 15) is 0 Å². The fourth-order valence-electron chi connectivity index (χ4n) is 3.44. The molecule has 0 saturated heterocycles. The van der Waals surface area contributed by atoms with Crippen LogP contribution in [0, 0.1) is 5.92 Å². The average Bonchev–Trinajstić information content (AvgIpc) is 2.50. The maximum atomic E-state index is 6.30. The number of hydrogen-bond donors (Lipinski definition) is 1. The molecule has 1 N–H and O–H groups in total. The zero-order valence-electron chi connectivity index (χ0n) is 13.0. The highest BCUT2D eigenvalue weighted by atomic mass is 35.5. The maximum absolute atomic E-state index is 6.30. The molecular formula is C18H27Cl2N. The van der Waals surface area contributed by atoms with Crippen molar-refractivity contribution in [3.63, 3.8) is 0 Å². The molecule has 0 aliphatic heterocycles. The van der Waals surface area contributed by atoms with Gasteiger partial charge in [-0.1, -0.05) is 62.2 Å². The van der Waals surface area contributed by atoms with Crippen LogP contribution < -0.4 is 5.32 Å². The summed E-state index contributed by atoms with van der Waals surface area (Å²) in [5.74, 6) is 0.940. The minimum absolute atomic E-state index is 0.507. The van der Waals surface area contributed by atoms with Crippen molar-refractivity contribution < 1.29 is 0 Å². The van der Waals surface area contributed by atoms with Crippen LogP contribution in [0.15, 0.2) is 18.2 Å². The van der Waals surface area contributed by atoms with Crippen LogP contribution in [0.5, 0.6) is 0 Å². The summed E-state index contributed by atoms with van der Waals surface area (Å²) in [4.78, 5) is 0. The van der Waals surface area contributed by atoms with Gasteiger partial charge in [-0.15, -0.1) is 0 Å². The predicted molar refractivity (Wildman–Crippen MR) is 93.4 cm³/mol. The number of likely N-dealkylation sites (N-methyl/N-ethyl adjacent to an activating group) is 1. The van der Waals surface area contributed by atoms with Crippen LogP contribution in [-0.2, 0) is 6.42 Å². The van der Waals surface area contributed by atoms with Crippen molar-refractivity contribution in [2.45, 2.75) is 64.3 Å². The summed E-state index contributed by atoms with van der Waals surface area (Å²) >= 11 is 12.4. The molecule has 1 nitrogen and oxygen atoms in total. The van der Waals surface area contributed by atoms with Crippen LogP contribution in [0.4, 0.5) is 0 Å². The number of rotatable bonds is 7. The Hall–Kier alpha value is -0.240. The van der Waals surface area contributed by atoms with Gasteiger partial charge in [0.05, 0.1) is 0 Å². The molecule has 0 heterocycles. The molecule has 21 heavy (non-hydrogen) atoms. The highest BCUT2D eigenvalue weighted by Gasteiger charge is 2.17. The van der Waals surface area contributed by atoms with Crippen LogP contribution in [0.3, 0.4) is 0 Å². The lowest BCUT2D eigenvalue weighted by molar-refractivity contribution is 0.313. The molecule has 1 aliphatic carbocycles. The van der Waals surface area contributed by atoms with Crippen molar-refractivity contribution in [3.05, 3.63) is 33.8 Å². The van der Waals surface area contributed by atoms with Gasteiger partial charge in [-0.05, 0) is 55.5 Å². The van der Waals surface area contributed by atoms with Gasteiger partial charge in [0, 0.05) is 16.1 Å². The molecule has 1 saturated carbocycles. The Balaban J connectivity index is 1.89. The molecule has 3 heteroatoms. The van der Waals surface area contributed by atoms with Crippen molar-refractivity contribution in [3.8, 4) is 0 Å². The number of nitrogens with one attached hydrogen (secondary N) is 1. The third kappa shape index (κ3) is 5.81. The van der Waals surface area contributed by atoms with Gasteiger partial charge in [0.25, 0.3) is 0 Å². The normalized spacial score (nSPS) is 17.9. The smallest absolute Gasteiger partial charge is 0.0439 e. The molecule has 0 spiro atoms. The number of halogens is 2. The molecule has 1 aromatic carbocycles. The Kier molecular flexibility index (Phi) is 7.36. The van der Waals surface area contributed by atoms with Crippen LogP contribution in [0.1, 0.15) is 57.4 Å². The minimum atomic E-state index is 0.507. The molecule has 1 unspecified atom stereocenters. The van der Waals surface area contributed by atoms with Gasteiger partial charge in [-0.25, -0.2) is 0 Å². The highest BCUT2D eigenvalue weighted by molar-refractivity contribution is 6.33. The van der Waals surface area contributed by atoms with Crippen molar-refractivity contribution >= 4 is 23.2 Å². The molecule has 2 rings (SSSR count). The first-order chi connectivity index (χ1) is 10.2. The Bertz CT molecular complexity index is 427. The minimum Gasteiger partial charge on any atom is -0.314 e. The highest BCUT2D eigenvalue weighted by Crippen LogP contribution is 2.29. The van der Waals surface area contributed by atoms with E-state index < -0.39 is 0 Å². The topological polar surface area (TPSA) is 12.0 Å². The van der Waals surface area contributed by atoms with Crippen molar-refractivity contribution in [1.82, 2.24) is 5.32 Å². The molecular weight excluding hydrogens is 301 g/mol. The standard InChI is InChI=1S/C18H27Cl2N/c1-2-21-17(10-8-14-6-4-3-5-7-14)13-15-12-16(19)9-11-18(15)20/h9,11-12,14,17,21H,2-8,10,13H2,1H3. The van der Waals surface area contributed by atoms with Crippen LogP contribution in [0.2, 0.25) is 10.0 Å². The monoisotopic (exact) mass is 327 g/mol. The Labute approximate surface area is 139 Å². The van der Waals surface area contributed by atoms with Gasteiger partial charge in [0.2, 0.25) is 0 Å². The predicted octanol–water partition coefficient (Wildman–Crippen LogP) is 5.87. The van der Waals surface area contributed by atoms with Crippen LogP contribution in [0.25, 0.3) is 0 Å². The van der Waals surface area contributed by atoms with Gasteiger partial charge in [0.1, 0.15) is 0 Å². The first-order valence-corrected chi connectivity index (χ1v) is 9.12. The van der Waals surface area contributed by atoms with E-state index in [0.29, 0.717) is 6.04 Å². The van der Waals surface area contributed by atoms with Crippen LogP contribution >= 0.6 is 23.2 Å². The SMILES string of the molecule is CCNC(CCC1CCCCC1)Cc1cc(Cl)ccc1Cl. The fourth-order valence-corrected chi connectivity index (χ4v) is 3.83. The second-order valence-electron chi connectivity index (χ2n) is 6.28. The van der Waals surface area contributed by atoms with E-state index >= 15 is 0 Å². The van der Waals surface area contributed by atoms with Gasteiger partial charge in [-0.2, -0.15) is 0 Å². The molecule has 1 atom stereocenters. The van der Waals surface area contributed by atoms with Gasteiger partial charge in [-0.3, -0.25) is 0 Å². The number of hydrogen-bond acceptors (Lipinski definition) is 1. The van der Waals surface area contributed by atoms with Crippen molar-refractivity contribution in [1.29, 1.82) is 0 Å². The third-order valence-corrected chi connectivity index (χ3v) is 5.22. The summed E-state index contributed by atoms with van der Waals surface area (Å²) in [7, 11) is 0. The van der Waals surface area contributed by atoms with Gasteiger partial charge < -0.3 is 5.32 Å². The third-order valence-electron chi connectivity index (χ3n) is 4.61. The summed E-state index contributed by atoms with van der Waals surface area (Å²) in [6, 6.07) is 6.28. The van der Waals surface area contributed by atoms with E-state index in [2.05, 4.69) is 12.2 Å². The van der Waals surface area contributed by atoms with Crippen LogP contribution in [-0.4, -0.2) is 12.6 Å². The molecule has 1 fully saturated rings. The van der Waals surface area contributed by atoms with E-state index in [-0.39, 0.29) is 0 Å². The molecule has 118 valence electrons. The average molecular weight is 328 g/mol. The first kappa shape index (κ1) is 17.1. The van der Waals surface area contributed by atoms with E-state index in [1.165, 1.54) is 50.5 Å². The van der Waals surface area contributed by atoms with E-state index in [1.807, 2.05) is 18.2 Å². The summed E-state index contributed by atoms with van der Waals surface area (Å²) in [6.07, 6.45) is 10.7. The Morgan fingerprint density at radius 3 is 2.67 bits per heavy atom. The van der Waals surface area contributed by atoms with Gasteiger partial charge in [0.15, 0.2) is 0 Å². The summed E-state index contributed by atoms with van der Waals surface area (Å²) in [5.41, 5.74) is 1.17. The quantitative estimate of drug-likeness (QED) is 0.659. The van der Waals surface area contributed by atoms with Crippen molar-refractivity contribution in [2.24, 2.45) is 5.92 Å². The lowest BCUT2D eigenvalue weighted by atomic mass is 9.84. The van der Waals surface area contributed by atoms with E-state index in [0.717, 1.165) is 28.9 Å². The Morgan fingerprint density at radius 1 is 1.19 bits per heavy atom. The molecule has 0 bridgehead atoms. The number of benzene rings is 1. The maximum Gasteiger partial charge on any atom is 0.0439 e. The summed E-state index contributed by atoms with van der Waals surface area (Å²) in [5, 5.41) is 5.22. The van der Waals surface area contributed by atoms with Crippen molar-refractivity contribution in [2.75, 3.05) is 6.54 Å². The van der Waals surface area contributed by atoms with Gasteiger partial charge >= 0.3 is 0 Å². The van der Waals surface area contributed by atoms with E-state index in [1.54, 1.807) is 0 Å². The largest absolute Gasteiger partial charge is 0.314 e. The summed E-state index contributed by atoms with van der Waals surface area (Å²) in [6.45, 7) is 3.18.